The van der Waals surface area contributed by atoms with Crippen LogP contribution in [0.3, 0.4) is 0 Å². The SMILES string of the molecule is CCc1ccccc1N1CCOC(CNC)C1. The summed E-state index contributed by atoms with van der Waals surface area (Å²) in [5.41, 5.74) is 2.80. The van der Waals surface area contributed by atoms with Crippen LogP contribution in [0.1, 0.15) is 12.5 Å². The average Bonchev–Trinajstić information content (AvgIpc) is 2.39. The Morgan fingerprint density at radius 3 is 3.00 bits per heavy atom. The van der Waals surface area contributed by atoms with Crippen LogP contribution in [-0.4, -0.2) is 39.4 Å². The quantitative estimate of drug-likeness (QED) is 0.857. The van der Waals surface area contributed by atoms with Gasteiger partial charge in [0, 0.05) is 25.3 Å². The number of benzene rings is 1. The van der Waals surface area contributed by atoms with E-state index in [0.717, 1.165) is 32.7 Å². The molecule has 94 valence electrons. The summed E-state index contributed by atoms with van der Waals surface area (Å²) in [5.74, 6) is 0. The van der Waals surface area contributed by atoms with Crippen LogP contribution in [-0.2, 0) is 11.2 Å². The molecule has 2 rings (SSSR count). The van der Waals surface area contributed by atoms with Gasteiger partial charge in [-0.2, -0.15) is 0 Å². The molecule has 1 aliphatic rings. The van der Waals surface area contributed by atoms with Crippen LogP contribution in [0, 0.1) is 0 Å². The first kappa shape index (κ1) is 12.4. The van der Waals surface area contributed by atoms with Crippen LogP contribution in [0.4, 0.5) is 5.69 Å². The fourth-order valence-corrected chi connectivity index (χ4v) is 2.41. The standard InChI is InChI=1S/C14H22N2O/c1-3-12-6-4-5-7-14(12)16-8-9-17-13(11-16)10-15-2/h4-7,13,15H,3,8-11H2,1-2H3. The Kier molecular flexibility index (Phi) is 4.40. The number of ether oxygens (including phenoxy) is 1. The molecule has 0 spiro atoms. The summed E-state index contributed by atoms with van der Waals surface area (Å²) < 4.78 is 5.74. The summed E-state index contributed by atoms with van der Waals surface area (Å²) in [6.07, 6.45) is 1.39. The van der Waals surface area contributed by atoms with Crippen molar-refractivity contribution in [2.24, 2.45) is 0 Å². The van der Waals surface area contributed by atoms with Gasteiger partial charge in [-0.1, -0.05) is 25.1 Å². The number of likely N-dealkylation sites (N-methyl/N-ethyl adjacent to an activating group) is 1. The maximum absolute atomic E-state index is 5.74. The van der Waals surface area contributed by atoms with Crippen molar-refractivity contribution < 1.29 is 4.74 Å². The Hall–Kier alpha value is -1.06. The molecular weight excluding hydrogens is 212 g/mol. The molecule has 1 aliphatic heterocycles. The number of aryl methyl sites for hydroxylation is 1. The van der Waals surface area contributed by atoms with Crippen LogP contribution in [0.2, 0.25) is 0 Å². The molecule has 0 amide bonds. The molecule has 3 nitrogen and oxygen atoms in total. The fourth-order valence-electron chi connectivity index (χ4n) is 2.41. The van der Waals surface area contributed by atoms with Crippen molar-refractivity contribution in [2.45, 2.75) is 19.4 Å². The van der Waals surface area contributed by atoms with Crippen molar-refractivity contribution in [2.75, 3.05) is 38.2 Å². The largest absolute Gasteiger partial charge is 0.373 e. The normalized spacial score (nSPS) is 20.6. The van der Waals surface area contributed by atoms with Crippen LogP contribution in [0.15, 0.2) is 24.3 Å². The van der Waals surface area contributed by atoms with Gasteiger partial charge in [0.25, 0.3) is 0 Å². The lowest BCUT2D eigenvalue weighted by Crippen LogP contribution is -2.46. The first-order chi connectivity index (χ1) is 8.35. The molecule has 1 saturated heterocycles. The Morgan fingerprint density at radius 1 is 1.41 bits per heavy atom. The fraction of sp³-hybridized carbons (Fsp3) is 0.571. The lowest BCUT2D eigenvalue weighted by Gasteiger charge is -2.35. The zero-order chi connectivity index (χ0) is 12.1. The maximum Gasteiger partial charge on any atom is 0.0874 e. The molecule has 17 heavy (non-hydrogen) atoms. The lowest BCUT2D eigenvalue weighted by molar-refractivity contribution is 0.0421. The van der Waals surface area contributed by atoms with Crippen molar-refractivity contribution >= 4 is 5.69 Å². The number of rotatable bonds is 4. The molecule has 1 atom stereocenters. The summed E-state index contributed by atoms with van der Waals surface area (Å²) in [7, 11) is 1.97. The third-order valence-corrected chi connectivity index (χ3v) is 3.28. The molecule has 0 radical (unpaired) electrons. The molecule has 0 aliphatic carbocycles. The maximum atomic E-state index is 5.74. The van der Waals surface area contributed by atoms with Gasteiger partial charge in [-0.3, -0.25) is 0 Å². The topological polar surface area (TPSA) is 24.5 Å². The highest BCUT2D eigenvalue weighted by Crippen LogP contribution is 2.22. The van der Waals surface area contributed by atoms with E-state index in [-0.39, 0.29) is 0 Å². The Morgan fingerprint density at radius 2 is 2.24 bits per heavy atom. The number of nitrogens with one attached hydrogen (secondary N) is 1. The smallest absolute Gasteiger partial charge is 0.0874 e. The third kappa shape index (κ3) is 2.99. The van der Waals surface area contributed by atoms with Gasteiger partial charge in [0.2, 0.25) is 0 Å². The summed E-state index contributed by atoms with van der Waals surface area (Å²) >= 11 is 0. The minimum absolute atomic E-state index is 0.304. The Labute approximate surface area is 104 Å². The molecular formula is C14H22N2O. The van der Waals surface area contributed by atoms with E-state index in [2.05, 4.69) is 41.4 Å². The van der Waals surface area contributed by atoms with Gasteiger partial charge in [-0.05, 0) is 25.1 Å². The molecule has 1 fully saturated rings. The van der Waals surface area contributed by atoms with Crippen LogP contribution in [0.25, 0.3) is 0 Å². The predicted octanol–water partition coefficient (Wildman–Crippen LogP) is 1.67. The molecule has 1 aromatic rings. The molecule has 1 aromatic carbocycles. The van der Waals surface area contributed by atoms with Gasteiger partial charge in [0.15, 0.2) is 0 Å². The first-order valence-electron chi connectivity index (χ1n) is 6.44. The van der Waals surface area contributed by atoms with Crippen molar-refractivity contribution in [3.05, 3.63) is 29.8 Å². The van der Waals surface area contributed by atoms with E-state index in [4.69, 9.17) is 4.74 Å². The Balaban J connectivity index is 2.10. The van der Waals surface area contributed by atoms with E-state index in [1.165, 1.54) is 11.3 Å². The van der Waals surface area contributed by atoms with E-state index in [9.17, 15) is 0 Å². The third-order valence-electron chi connectivity index (χ3n) is 3.28. The summed E-state index contributed by atoms with van der Waals surface area (Å²) in [6, 6.07) is 8.68. The molecule has 1 unspecified atom stereocenters. The number of para-hydroxylation sites is 1. The zero-order valence-electron chi connectivity index (χ0n) is 10.8. The van der Waals surface area contributed by atoms with Gasteiger partial charge in [0.1, 0.15) is 0 Å². The summed E-state index contributed by atoms with van der Waals surface area (Å²) in [6.45, 7) is 5.94. The minimum atomic E-state index is 0.304. The lowest BCUT2D eigenvalue weighted by atomic mass is 10.1. The Bertz CT molecular complexity index is 352. The monoisotopic (exact) mass is 234 g/mol. The second-order valence-corrected chi connectivity index (χ2v) is 4.48. The highest BCUT2D eigenvalue weighted by atomic mass is 16.5. The molecule has 0 aromatic heterocycles. The van der Waals surface area contributed by atoms with Gasteiger partial charge in [-0.15, -0.1) is 0 Å². The summed E-state index contributed by atoms with van der Waals surface area (Å²) in [4.78, 5) is 2.45. The number of anilines is 1. The number of morpholine rings is 1. The van der Waals surface area contributed by atoms with Gasteiger partial charge < -0.3 is 15.0 Å². The van der Waals surface area contributed by atoms with Crippen LogP contribution >= 0.6 is 0 Å². The van der Waals surface area contributed by atoms with E-state index < -0.39 is 0 Å². The highest BCUT2D eigenvalue weighted by molar-refractivity contribution is 5.54. The zero-order valence-corrected chi connectivity index (χ0v) is 10.8. The number of nitrogens with zero attached hydrogens (tertiary/aromatic N) is 1. The van der Waals surface area contributed by atoms with Crippen LogP contribution < -0.4 is 10.2 Å². The summed E-state index contributed by atoms with van der Waals surface area (Å²) in [5, 5.41) is 3.19. The van der Waals surface area contributed by atoms with Crippen molar-refractivity contribution in [3.63, 3.8) is 0 Å². The average molecular weight is 234 g/mol. The van der Waals surface area contributed by atoms with Crippen molar-refractivity contribution in [3.8, 4) is 0 Å². The molecule has 1 heterocycles. The van der Waals surface area contributed by atoms with Crippen LogP contribution in [0.5, 0.6) is 0 Å². The van der Waals surface area contributed by atoms with Crippen molar-refractivity contribution in [1.29, 1.82) is 0 Å². The number of hydrogen-bond donors (Lipinski definition) is 1. The van der Waals surface area contributed by atoms with E-state index >= 15 is 0 Å². The molecule has 1 N–H and O–H groups in total. The van der Waals surface area contributed by atoms with Gasteiger partial charge in [0.05, 0.1) is 12.7 Å². The first-order valence-corrected chi connectivity index (χ1v) is 6.44. The van der Waals surface area contributed by atoms with Gasteiger partial charge in [-0.25, -0.2) is 0 Å². The van der Waals surface area contributed by atoms with E-state index in [0.29, 0.717) is 6.10 Å². The highest BCUT2D eigenvalue weighted by Gasteiger charge is 2.21. The van der Waals surface area contributed by atoms with E-state index in [1.54, 1.807) is 0 Å². The number of hydrogen-bond acceptors (Lipinski definition) is 3. The van der Waals surface area contributed by atoms with Gasteiger partial charge >= 0.3 is 0 Å². The second-order valence-electron chi connectivity index (χ2n) is 4.48. The second kappa shape index (κ2) is 6.03. The van der Waals surface area contributed by atoms with Crippen molar-refractivity contribution in [1.82, 2.24) is 5.32 Å². The molecule has 0 saturated carbocycles. The van der Waals surface area contributed by atoms with E-state index in [1.807, 2.05) is 7.05 Å². The predicted molar refractivity (Wildman–Crippen MR) is 71.7 cm³/mol. The molecule has 0 bridgehead atoms. The molecule has 3 heteroatoms. The minimum Gasteiger partial charge on any atom is -0.373 e.